The summed E-state index contributed by atoms with van der Waals surface area (Å²) in [5.74, 6) is -3.25. The molecule has 8 nitrogen and oxygen atoms in total. The molecule has 0 saturated heterocycles. The Bertz CT molecular complexity index is 488. The number of Topliss-reactive ketones (excluding diaryl/α,β-unsaturated/α-hetero) is 2. The molecule has 0 unspecified atom stereocenters. The van der Waals surface area contributed by atoms with E-state index in [2.05, 4.69) is 5.29 Å². The number of hydrogen-bond donors (Lipinski definition) is 0. The average molecular weight is 267 g/mol. The summed E-state index contributed by atoms with van der Waals surface area (Å²) in [6.45, 7) is 0.984. The van der Waals surface area contributed by atoms with Crippen LogP contribution in [0.2, 0.25) is 0 Å². The standard InChI is InChI=1S/C11H11N3O4.H2O/c1-8(15)10(16)11(17)14(13(2)12-18)9-6-4-3-5-7-9;/h3-7H,1-2H3;1H2. The Kier molecular flexibility index (Phi) is 6.01. The smallest absolute Gasteiger partial charge is 0.322 e. The van der Waals surface area contributed by atoms with E-state index in [9.17, 15) is 19.3 Å². The third-order valence-corrected chi connectivity index (χ3v) is 2.11. The summed E-state index contributed by atoms with van der Waals surface area (Å²) < 4.78 is 0. The normalized spacial score (nSPS) is 8.95. The quantitative estimate of drug-likeness (QED) is 0.319. The van der Waals surface area contributed by atoms with Gasteiger partial charge >= 0.3 is 5.91 Å². The third-order valence-electron chi connectivity index (χ3n) is 2.11. The SMILES string of the molecule is CC(=O)C(=O)C(=O)N(c1ccccc1)N(C)N=O.O. The summed E-state index contributed by atoms with van der Waals surface area (Å²) in [4.78, 5) is 44.6. The van der Waals surface area contributed by atoms with Crippen LogP contribution in [0.4, 0.5) is 5.69 Å². The lowest BCUT2D eigenvalue weighted by molar-refractivity contribution is -0.144. The monoisotopic (exact) mass is 267 g/mol. The number of rotatable bonds is 5. The van der Waals surface area contributed by atoms with Gasteiger partial charge in [-0.2, -0.15) is 10.1 Å². The Hall–Kier alpha value is -2.61. The summed E-state index contributed by atoms with van der Waals surface area (Å²) in [5.41, 5.74) is 0.263. The molecule has 0 spiro atoms. The van der Waals surface area contributed by atoms with Gasteiger partial charge in [-0.05, 0) is 12.1 Å². The van der Waals surface area contributed by atoms with Crippen molar-refractivity contribution in [3.63, 3.8) is 0 Å². The van der Waals surface area contributed by atoms with E-state index in [0.29, 0.717) is 5.12 Å². The molecule has 0 atom stereocenters. The number of amides is 1. The zero-order valence-electron chi connectivity index (χ0n) is 10.4. The van der Waals surface area contributed by atoms with E-state index in [1.54, 1.807) is 18.2 Å². The second kappa shape index (κ2) is 6.97. The highest BCUT2D eigenvalue weighted by Crippen LogP contribution is 2.15. The highest BCUT2D eigenvalue weighted by Gasteiger charge is 2.29. The topological polar surface area (TPSA) is 119 Å². The molecule has 102 valence electrons. The van der Waals surface area contributed by atoms with E-state index in [-0.39, 0.29) is 11.2 Å². The number of carbonyl (C=O) groups excluding carboxylic acids is 3. The second-order valence-corrected chi connectivity index (χ2v) is 3.41. The molecule has 0 heterocycles. The number of ketones is 2. The Balaban J connectivity index is 0.00000324. The van der Waals surface area contributed by atoms with Crippen LogP contribution >= 0.6 is 0 Å². The Morgan fingerprint density at radius 2 is 1.63 bits per heavy atom. The van der Waals surface area contributed by atoms with Gasteiger partial charge < -0.3 is 5.48 Å². The number of carbonyl (C=O) groups is 3. The van der Waals surface area contributed by atoms with Crippen molar-refractivity contribution in [3.8, 4) is 0 Å². The first-order valence-electron chi connectivity index (χ1n) is 5.00. The van der Waals surface area contributed by atoms with E-state index in [1.807, 2.05) is 0 Å². The van der Waals surface area contributed by atoms with Crippen molar-refractivity contribution in [1.29, 1.82) is 0 Å². The maximum atomic E-state index is 11.8. The molecule has 0 saturated carbocycles. The molecule has 0 fully saturated rings. The summed E-state index contributed by atoms with van der Waals surface area (Å²) in [6, 6.07) is 7.95. The minimum absolute atomic E-state index is 0. The van der Waals surface area contributed by atoms with Crippen molar-refractivity contribution >= 4 is 23.2 Å². The zero-order chi connectivity index (χ0) is 13.7. The van der Waals surface area contributed by atoms with Gasteiger partial charge in [0, 0.05) is 6.92 Å². The molecular formula is C11H13N3O5. The van der Waals surface area contributed by atoms with E-state index in [4.69, 9.17) is 0 Å². The zero-order valence-corrected chi connectivity index (χ0v) is 10.4. The van der Waals surface area contributed by atoms with Crippen molar-refractivity contribution in [2.45, 2.75) is 6.92 Å². The first-order chi connectivity index (χ1) is 8.49. The third kappa shape index (κ3) is 3.68. The van der Waals surface area contributed by atoms with E-state index in [0.717, 1.165) is 11.9 Å². The predicted octanol–water partition coefficient (Wildman–Crippen LogP) is -0.119. The molecule has 1 aromatic carbocycles. The van der Waals surface area contributed by atoms with E-state index >= 15 is 0 Å². The molecule has 19 heavy (non-hydrogen) atoms. The van der Waals surface area contributed by atoms with Gasteiger partial charge in [-0.25, -0.2) is 0 Å². The van der Waals surface area contributed by atoms with Crippen molar-refractivity contribution in [2.24, 2.45) is 5.29 Å². The number of anilines is 1. The molecule has 0 aromatic heterocycles. The summed E-state index contributed by atoms with van der Waals surface area (Å²) in [7, 11) is 1.20. The van der Waals surface area contributed by atoms with Gasteiger partial charge in [0.25, 0.3) is 5.78 Å². The van der Waals surface area contributed by atoms with E-state index < -0.39 is 17.5 Å². The van der Waals surface area contributed by atoms with Crippen molar-refractivity contribution in [1.82, 2.24) is 5.12 Å². The van der Waals surface area contributed by atoms with Crippen LogP contribution in [0.15, 0.2) is 35.6 Å². The fourth-order valence-corrected chi connectivity index (χ4v) is 1.27. The minimum Gasteiger partial charge on any atom is -0.412 e. The van der Waals surface area contributed by atoms with Gasteiger partial charge in [0.2, 0.25) is 5.78 Å². The molecule has 0 aliphatic carbocycles. The first kappa shape index (κ1) is 16.4. The number of para-hydroxylation sites is 1. The van der Waals surface area contributed by atoms with Gasteiger partial charge in [0.05, 0.1) is 18.0 Å². The maximum Gasteiger partial charge on any atom is 0.322 e. The number of benzene rings is 1. The van der Waals surface area contributed by atoms with Crippen LogP contribution in [0.25, 0.3) is 0 Å². The van der Waals surface area contributed by atoms with Crippen LogP contribution < -0.4 is 5.01 Å². The average Bonchev–Trinajstić information content (AvgIpc) is 2.38. The first-order valence-corrected chi connectivity index (χ1v) is 5.00. The summed E-state index contributed by atoms with van der Waals surface area (Å²) in [6.07, 6.45) is 0. The maximum absolute atomic E-state index is 11.8. The van der Waals surface area contributed by atoms with E-state index in [1.165, 1.54) is 19.2 Å². The van der Waals surface area contributed by atoms with Gasteiger partial charge in [-0.3, -0.25) is 14.4 Å². The van der Waals surface area contributed by atoms with Crippen LogP contribution in [0, 0.1) is 4.91 Å². The number of hydrogen-bond acceptors (Lipinski definition) is 5. The molecular weight excluding hydrogens is 254 g/mol. The van der Waals surface area contributed by atoms with Crippen LogP contribution in [0.5, 0.6) is 0 Å². The van der Waals surface area contributed by atoms with Crippen LogP contribution in [-0.2, 0) is 14.4 Å². The summed E-state index contributed by atoms with van der Waals surface area (Å²) in [5, 5.41) is 3.94. The molecule has 0 bridgehead atoms. The van der Waals surface area contributed by atoms with Crippen LogP contribution in [-0.4, -0.2) is 35.1 Å². The number of nitroso groups, excluding NO2 is 1. The van der Waals surface area contributed by atoms with Crippen LogP contribution in [0.3, 0.4) is 0 Å². The Morgan fingerprint density at radius 3 is 2.05 bits per heavy atom. The molecule has 1 rings (SSSR count). The van der Waals surface area contributed by atoms with Crippen molar-refractivity contribution < 1.29 is 19.9 Å². The van der Waals surface area contributed by atoms with Crippen molar-refractivity contribution in [3.05, 3.63) is 35.2 Å². The highest BCUT2D eigenvalue weighted by atomic mass is 16.3. The fraction of sp³-hybridized carbons (Fsp3) is 0.182. The highest BCUT2D eigenvalue weighted by molar-refractivity contribution is 6.65. The van der Waals surface area contributed by atoms with Gasteiger partial charge in [-0.1, -0.05) is 18.2 Å². The minimum atomic E-state index is -1.21. The molecule has 1 aromatic rings. The van der Waals surface area contributed by atoms with Gasteiger partial charge in [0.1, 0.15) is 0 Å². The fourth-order valence-electron chi connectivity index (χ4n) is 1.27. The molecule has 0 aliphatic rings. The predicted molar refractivity (Wildman–Crippen MR) is 66.8 cm³/mol. The summed E-state index contributed by atoms with van der Waals surface area (Å²) >= 11 is 0. The molecule has 2 N–H and O–H groups in total. The lowest BCUT2D eigenvalue weighted by Gasteiger charge is -2.25. The number of hydrazine groups is 1. The molecule has 8 heteroatoms. The second-order valence-electron chi connectivity index (χ2n) is 3.41. The van der Waals surface area contributed by atoms with Crippen LogP contribution in [0.1, 0.15) is 6.92 Å². The molecule has 1 amide bonds. The molecule has 0 aliphatic heterocycles. The Labute approximate surface area is 108 Å². The largest absolute Gasteiger partial charge is 0.412 e. The lowest BCUT2D eigenvalue weighted by atomic mass is 10.2. The number of nitrogens with zero attached hydrogens (tertiary/aromatic N) is 3. The molecule has 0 radical (unpaired) electrons. The van der Waals surface area contributed by atoms with Gasteiger partial charge in [0.15, 0.2) is 0 Å². The Morgan fingerprint density at radius 1 is 1.11 bits per heavy atom. The van der Waals surface area contributed by atoms with Gasteiger partial charge in [-0.15, -0.1) is 4.91 Å². The van der Waals surface area contributed by atoms with Crippen molar-refractivity contribution in [2.75, 3.05) is 12.1 Å². The lowest BCUT2D eigenvalue weighted by Crippen LogP contribution is -2.46.